The first-order chi connectivity index (χ1) is 10.1. The lowest BCUT2D eigenvalue weighted by molar-refractivity contribution is -0.0454. The number of likely N-dealkylation sites (N-methyl/N-ethyl adjacent to an activating group) is 1. The highest BCUT2D eigenvalue weighted by Gasteiger charge is 2.25. The van der Waals surface area contributed by atoms with Crippen molar-refractivity contribution in [2.75, 3.05) is 14.2 Å². The third-order valence-corrected chi connectivity index (χ3v) is 4.55. The summed E-state index contributed by atoms with van der Waals surface area (Å²) >= 11 is 0. The maximum Gasteiger partial charge on any atom is 0.118 e. The molecular weight excluding hydrogens is 262 g/mol. The van der Waals surface area contributed by atoms with Gasteiger partial charge < -0.3 is 14.8 Å². The molecule has 3 nitrogen and oxygen atoms in total. The van der Waals surface area contributed by atoms with E-state index in [1.54, 1.807) is 7.11 Å². The van der Waals surface area contributed by atoms with Gasteiger partial charge in [-0.3, -0.25) is 0 Å². The number of ether oxygens (including phenoxy) is 2. The lowest BCUT2D eigenvalue weighted by Gasteiger charge is -2.32. The molecule has 1 aliphatic carbocycles. The molecule has 0 bridgehead atoms. The van der Waals surface area contributed by atoms with Crippen LogP contribution in [0.25, 0.3) is 0 Å². The van der Waals surface area contributed by atoms with Gasteiger partial charge in [0.2, 0.25) is 0 Å². The molecule has 0 heterocycles. The van der Waals surface area contributed by atoms with Gasteiger partial charge in [0.25, 0.3) is 0 Å². The van der Waals surface area contributed by atoms with Crippen molar-refractivity contribution in [2.45, 2.75) is 57.8 Å². The summed E-state index contributed by atoms with van der Waals surface area (Å²) in [6, 6.07) is 8.46. The first-order valence-corrected chi connectivity index (χ1v) is 8.10. The molecule has 21 heavy (non-hydrogen) atoms. The van der Waals surface area contributed by atoms with E-state index in [1.165, 1.54) is 31.2 Å². The van der Waals surface area contributed by atoms with Gasteiger partial charge in [0.15, 0.2) is 0 Å². The molecule has 1 aromatic carbocycles. The summed E-state index contributed by atoms with van der Waals surface area (Å²) in [7, 11) is 3.69. The standard InChI is InChI=1S/C18H29NO2/c1-13-6-5-7-17(12-13)21-14(2)18(19-3)15-8-10-16(20-4)11-9-15/h8-11,13-14,17-19H,5-7,12H2,1-4H3. The van der Waals surface area contributed by atoms with Crippen molar-refractivity contribution in [2.24, 2.45) is 5.92 Å². The van der Waals surface area contributed by atoms with Crippen LogP contribution < -0.4 is 10.1 Å². The van der Waals surface area contributed by atoms with Crippen molar-refractivity contribution in [3.8, 4) is 5.75 Å². The van der Waals surface area contributed by atoms with Crippen molar-refractivity contribution in [1.82, 2.24) is 5.32 Å². The number of hydrogen-bond donors (Lipinski definition) is 1. The summed E-state index contributed by atoms with van der Waals surface area (Å²) < 4.78 is 11.6. The topological polar surface area (TPSA) is 30.5 Å². The zero-order valence-corrected chi connectivity index (χ0v) is 13.8. The SMILES string of the molecule is CNC(c1ccc(OC)cc1)C(C)OC1CCCC(C)C1. The van der Waals surface area contributed by atoms with Crippen molar-refractivity contribution in [3.05, 3.63) is 29.8 Å². The van der Waals surface area contributed by atoms with Crippen LogP contribution in [0.2, 0.25) is 0 Å². The fourth-order valence-electron chi connectivity index (χ4n) is 3.37. The molecule has 0 radical (unpaired) electrons. The smallest absolute Gasteiger partial charge is 0.118 e. The summed E-state index contributed by atoms with van der Waals surface area (Å²) in [5.41, 5.74) is 1.25. The molecule has 4 atom stereocenters. The maximum atomic E-state index is 6.33. The molecular formula is C18H29NO2. The highest BCUT2D eigenvalue weighted by molar-refractivity contribution is 5.29. The minimum Gasteiger partial charge on any atom is -0.497 e. The molecule has 1 N–H and O–H groups in total. The first kappa shape index (κ1) is 16.3. The summed E-state index contributed by atoms with van der Waals surface area (Å²) in [6.07, 6.45) is 5.63. The van der Waals surface area contributed by atoms with Crippen LogP contribution in [0.3, 0.4) is 0 Å². The van der Waals surface area contributed by atoms with Crippen molar-refractivity contribution in [1.29, 1.82) is 0 Å². The van der Waals surface area contributed by atoms with Gasteiger partial charge in [-0.1, -0.05) is 31.9 Å². The van der Waals surface area contributed by atoms with Gasteiger partial charge in [0, 0.05) is 0 Å². The van der Waals surface area contributed by atoms with Crippen LogP contribution in [0.4, 0.5) is 0 Å². The number of methoxy groups -OCH3 is 1. The largest absolute Gasteiger partial charge is 0.497 e. The molecule has 4 unspecified atom stereocenters. The van der Waals surface area contributed by atoms with Crippen LogP contribution in [-0.2, 0) is 4.74 Å². The van der Waals surface area contributed by atoms with Crippen LogP contribution in [0.5, 0.6) is 5.75 Å². The van der Waals surface area contributed by atoms with Crippen LogP contribution >= 0.6 is 0 Å². The summed E-state index contributed by atoms with van der Waals surface area (Å²) in [5, 5.41) is 3.39. The second-order valence-corrected chi connectivity index (χ2v) is 6.27. The second kappa shape index (κ2) is 7.81. The van der Waals surface area contributed by atoms with E-state index in [9.17, 15) is 0 Å². The number of nitrogens with one attached hydrogen (secondary N) is 1. The molecule has 1 aliphatic rings. The van der Waals surface area contributed by atoms with E-state index >= 15 is 0 Å². The Morgan fingerprint density at radius 2 is 1.90 bits per heavy atom. The Kier molecular flexibility index (Phi) is 6.07. The van der Waals surface area contributed by atoms with E-state index in [4.69, 9.17) is 9.47 Å². The molecule has 0 saturated heterocycles. The van der Waals surface area contributed by atoms with Crippen LogP contribution in [0, 0.1) is 5.92 Å². The lowest BCUT2D eigenvalue weighted by Crippen LogP contribution is -2.34. The predicted octanol–water partition coefficient (Wildman–Crippen LogP) is 3.94. The Bertz CT molecular complexity index is 418. The molecule has 1 aromatic rings. The van der Waals surface area contributed by atoms with E-state index < -0.39 is 0 Å². The quantitative estimate of drug-likeness (QED) is 0.861. The zero-order valence-electron chi connectivity index (χ0n) is 13.8. The predicted molar refractivity (Wildman–Crippen MR) is 86.8 cm³/mol. The molecule has 0 aromatic heterocycles. The number of hydrogen-bond acceptors (Lipinski definition) is 3. The Morgan fingerprint density at radius 3 is 2.48 bits per heavy atom. The van der Waals surface area contributed by atoms with Gasteiger partial charge in [-0.2, -0.15) is 0 Å². The van der Waals surface area contributed by atoms with Gasteiger partial charge in [0.05, 0.1) is 25.4 Å². The van der Waals surface area contributed by atoms with Crippen molar-refractivity contribution >= 4 is 0 Å². The molecule has 2 rings (SSSR count). The van der Waals surface area contributed by atoms with E-state index in [0.29, 0.717) is 6.10 Å². The normalized spacial score (nSPS) is 25.3. The molecule has 3 heteroatoms. The Hall–Kier alpha value is -1.06. The van der Waals surface area contributed by atoms with Gasteiger partial charge in [0.1, 0.15) is 5.75 Å². The van der Waals surface area contributed by atoms with Crippen LogP contribution in [-0.4, -0.2) is 26.4 Å². The fourth-order valence-corrected chi connectivity index (χ4v) is 3.37. The van der Waals surface area contributed by atoms with Gasteiger partial charge in [-0.15, -0.1) is 0 Å². The van der Waals surface area contributed by atoms with E-state index in [1.807, 2.05) is 19.2 Å². The molecule has 0 aliphatic heterocycles. The summed E-state index contributed by atoms with van der Waals surface area (Å²) in [4.78, 5) is 0. The van der Waals surface area contributed by atoms with Crippen LogP contribution in [0.1, 0.15) is 51.1 Å². The summed E-state index contributed by atoms with van der Waals surface area (Å²) in [5.74, 6) is 1.69. The Labute approximate surface area is 129 Å². The van der Waals surface area contributed by atoms with Gasteiger partial charge >= 0.3 is 0 Å². The van der Waals surface area contributed by atoms with Crippen molar-refractivity contribution < 1.29 is 9.47 Å². The molecule has 118 valence electrons. The average Bonchev–Trinajstić information content (AvgIpc) is 2.48. The molecule has 0 spiro atoms. The third kappa shape index (κ3) is 4.45. The average molecular weight is 291 g/mol. The zero-order chi connectivity index (χ0) is 15.2. The molecule has 1 saturated carbocycles. The highest BCUT2D eigenvalue weighted by atomic mass is 16.5. The highest BCUT2D eigenvalue weighted by Crippen LogP contribution is 2.29. The molecule has 0 amide bonds. The van der Waals surface area contributed by atoms with E-state index in [0.717, 1.165) is 11.7 Å². The number of benzene rings is 1. The second-order valence-electron chi connectivity index (χ2n) is 6.27. The minimum atomic E-state index is 0.165. The Morgan fingerprint density at radius 1 is 1.19 bits per heavy atom. The Balaban J connectivity index is 1.98. The van der Waals surface area contributed by atoms with Gasteiger partial charge in [-0.25, -0.2) is 0 Å². The fraction of sp³-hybridized carbons (Fsp3) is 0.667. The van der Waals surface area contributed by atoms with E-state index in [-0.39, 0.29) is 12.1 Å². The number of rotatable bonds is 6. The van der Waals surface area contributed by atoms with Crippen molar-refractivity contribution in [3.63, 3.8) is 0 Å². The lowest BCUT2D eigenvalue weighted by atomic mass is 9.88. The summed E-state index contributed by atoms with van der Waals surface area (Å²) in [6.45, 7) is 4.50. The monoisotopic (exact) mass is 291 g/mol. The van der Waals surface area contributed by atoms with E-state index in [2.05, 4.69) is 31.3 Å². The minimum absolute atomic E-state index is 0.165. The third-order valence-electron chi connectivity index (χ3n) is 4.55. The van der Waals surface area contributed by atoms with Crippen LogP contribution in [0.15, 0.2) is 24.3 Å². The first-order valence-electron chi connectivity index (χ1n) is 8.10. The molecule has 1 fully saturated rings. The van der Waals surface area contributed by atoms with Gasteiger partial charge in [-0.05, 0) is 50.4 Å². The maximum absolute atomic E-state index is 6.33.